The molecule has 0 aromatic carbocycles. The van der Waals surface area contributed by atoms with E-state index >= 15 is 0 Å². The molecule has 0 bridgehead atoms. The van der Waals surface area contributed by atoms with Gasteiger partial charge in [-0.05, 0) is 25.3 Å². The van der Waals surface area contributed by atoms with Crippen LogP contribution in [0.25, 0.3) is 0 Å². The lowest BCUT2D eigenvalue weighted by Crippen LogP contribution is -2.49. The van der Waals surface area contributed by atoms with Gasteiger partial charge in [-0.25, -0.2) is 14.2 Å². The van der Waals surface area contributed by atoms with Crippen LogP contribution in [0.3, 0.4) is 0 Å². The van der Waals surface area contributed by atoms with E-state index < -0.39 is 11.8 Å². The van der Waals surface area contributed by atoms with Crippen molar-refractivity contribution in [1.29, 1.82) is 0 Å². The first-order chi connectivity index (χ1) is 9.16. The molecule has 1 saturated carbocycles. The maximum Gasteiger partial charge on any atom is 0.339 e. The molecule has 5 nitrogen and oxygen atoms in total. The SMILES string of the molecule is O=C(O)c1cc(F)cnc1N1CCOC2CCCC21. The zero-order valence-corrected chi connectivity index (χ0v) is 10.4. The smallest absolute Gasteiger partial charge is 0.339 e. The third-order valence-electron chi connectivity index (χ3n) is 3.82. The van der Waals surface area contributed by atoms with Gasteiger partial charge in [0.05, 0.1) is 24.9 Å². The van der Waals surface area contributed by atoms with Crippen molar-refractivity contribution in [1.82, 2.24) is 4.98 Å². The van der Waals surface area contributed by atoms with Crippen LogP contribution < -0.4 is 4.90 Å². The molecule has 1 aliphatic carbocycles. The molecular formula is C13H15FN2O3. The monoisotopic (exact) mass is 266 g/mol. The number of aromatic nitrogens is 1. The van der Waals surface area contributed by atoms with Crippen molar-refractivity contribution < 1.29 is 19.0 Å². The molecule has 0 radical (unpaired) electrons. The molecule has 0 spiro atoms. The molecule has 2 aliphatic rings. The van der Waals surface area contributed by atoms with E-state index in [1.54, 1.807) is 0 Å². The third kappa shape index (κ3) is 2.16. The lowest BCUT2D eigenvalue weighted by atomic mass is 10.1. The zero-order valence-electron chi connectivity index (χ0n) is 10.4. The van der Waals surface area contributed by atoms with Gasteiger partial charge in [-0.2, -0.15) is 0 Å². The van der Waals surface area contributed by atoms with E-state index in [4.69, 9.17) is 4.74 Å². The van der Waals surface area contributed by atoms with E-state index in [9.17, 15) is 14.3 Å². The molecule has 102 valence electrons. The van der Waals surface area contributed by atoms with Crippen LogP contribution in [0.15, 0.2) is 12.3 Å². The molecule has 1 aromatic rings. The van der Waals surface area contributed by atoms with Gasteiger partial charge in [-0.3, -0.25) is 0 Å². The number of hydrogen-bond donors (Lipinski definition) is 1. The quantitative estimate of drug-likeness (QED) is 0.882. The number of ether oxygens (including phenoxy) is 1. The summed E-state index contributed by atoms with van der Waals surface area (Å²) in [6.45, 7) is 1.15. The predicted molar refractivity (Wildman–Crippen MR) is 65.9 cm³/mol. The van der Waals surface area contributed by atoms with Gasteiger partial charge in [0.25, 0.3) is 0 Å². The van der Waals surface area contributed by atoms with Crippen LogP contribution in [0, 0.1) is 5.82 Å². The molecule has 0 amide bonds. The number of hydrogen-bond acceptors (Lipinski definition) is 4. The Hall–Kier alpha value is -1.69. The lowest BCUT2D eigenvalue weighted by Gasteiger charge is -2.39. The molecule has 1 saturated heterocycles. The molecule has 1 N–H and O–H groups in total. The van der Waals surface area contributed by atoms with Crippen molar-refractivity contribution in [2.24, 2.45) is 0 Å². The molecule has 2 unspecified atom stereocenters. The first-order valence-corrected chi connectivity index (χ1v) is 6.44. The number of anilines is 1. The summed E-state index contributed by atoms with van der Waals surface area (Å²) in [4.78, 5) is 17.2. The molecule has 19 heavy (non-hydrogen) atoms. The van der Waals surface area contributed by atoms with Gasteiger partial charge in [0.1, 0.15) is 17.2 Å². The second-order valence-electron chi connectivity index (χ2n) is 4.93. The lowest BCUT2D eigenvalue weighted by molar-refractivity contribution is 0.0251. The topological polar surface area (TPSA) is 62.7 Å². The third-order valence-corrected chi connectivity index (χ3v) is 3.82. The van der Waals surface area contributed by atoms with Crippen LogP contribution in [0.1, 0.15) is 29.6 Å². The number of halogens is 1. The second kappa shape index (κ2) is 4.77. The number of aromatic carboxylic acids is 1. The highest BCUT2D eigenvalue weighted by Gasteiger charge is 2.38. The van der Waals surface area contributed by atoms with Gasteiger partial charge < -0.3 is 14.7 Å². The van der Waals surface area contributed by atoms with E-state index in [0.717, 1.165) is 31.5 Å². The Morgan fingerprint density at radius 3 is 3.16 bits per heavy atom. The molecule has 1 aliphatic heterocycles. The van der Waals surface area contributed by atoms with E-state index in [-0.39, 0.29) is 17.7 Å². The summed E-state index contributed by atoms with van der Waals surface area (Å²) in [5.41, 5.74) is -0.0763. The Bertz CT molecular complexity index is 509. The van der Waals surface area contributed by atoms with E-state index in [2.05, 4.69) is 4.98 Å². The zero-order chi connectivity index (χ0) is 13.4. The number of carboxylic acid groups (broad SMARTS) is 1. The number of carboxylic acids is 1. The molecule has 2 fully saturated rings. The second-order valence-corrected chi connectivity index (χ2v) is 4.93. The highest BCUT2D eigenvalue weighted by atomic mass is 19.1. The maximum absolute atomic E-state index is 13.2. The van der Waals surface area contributed by atoms with Crippen LogP contribution in [-0.2, 0) is 4.74 Å². The van der Waals surface area contributed by atoms with Crippen molar-refractivity contribution in [3.8, 4) is 0 Å². The highest BCUT2D eigenvalue weighted by molar-refractivity contribution is 5.93. The van der Waals surface area contributed by atoms with Crippen LogP contribution in [0.2, 0.25) is 0 Å². The normalized spacial score (nSPS) is 26.3. The average molecular weight is 266 g/mol. The number of rotatable bonds is 2. The van der Waals surface area contributed by atoms with Gasteiger partial charge in [0.2, 0.25) is 0 Å². The summed E-state index contributed by atoms with van der Waals surface area (Å²) in [5.74, 6) is -1.42. The fourth-order valence-electron chi connectivity index (χ4n) is 3.01. The van der Waals surface area contributed by atoms with Crippen LogP contribution >= 0.6 is 0 Å². The summed E-state index contributed by atoms with van der Waals surface area (Å²) in [5, 5.41) is 9.20. The maximum atomic E-state index is 13.2. The minimum Gasteiger partial charge on any atom is -0.478 e. The summed E-state index contributed by atoms with van der Waals surface area (Å²) < 4.78 is 18.9. The predicted octanol–water partition coefficient (Wildman–Crippen LogP) is 1.68. The summed E-state index contributed by atoms with van der Waals surface area (Å²) in [6.07, 6.45) is 4.23. The van der Waals surface area contributed by atoms with Crippen LogP contribution in [0.4, 0.5) is 10.2 Å². The summed E-state index contributed by atoms with van der Waals surface area (Å²) in [6, 6.07) is 1.19. The molecule has 2 atom stereocenters. The van der Waals surface area contributed by atoms with Crippen molar-refractivity contribution >= 4 is 11.8 Å². The van der Waals surface area contributed by atoms with Gasteiger partial charge >= 0.3 is 5.97 Å². The van der Waals surface area contributed by atoms with Crippen LogP contribution in [0.5, 0.6) is 0 Å². The highest BCUT2D eigenvalue weighted by Crippen LogP contribution is 2.33. The fourth-order valence-corrected chi connectivity index (χ4v) is 3.01. The molecule has 1 aromatic heterocycles. The molecular weight excluding hydrogens is 251 g/mol. The number of carbonyl (C=O) groups is 1. The van der Waals surface area contributed by atoms with Gasteiger partial charge in [0.15, 0.2) is 0 Å². The average Bonchev–Trinajstić information content (AvgIpc) is 2.86. The minimum atomic E-state index is -1.15. The first kappa shape index (κ1) is 12.3. The number of pyridine rings is 1. The van der Waals surface area contributed by atoms with Gasteiger partial charge in [0, 0.05) is 6.54 Å². The minimum absolute atomic E-state index is 0.0763. The Labute approximate surface area is 110 Å². The van der Waals surface area contributed by atoms with Gasteiger partial charge in [-0.15, -0.1) is 0 Å². The Morgan fingerprint density at radius 1 is 1.53 bits per heavy atom. The van der Waals surface area contributed by atoms with Crippen molar-refractivity contribution in [2.45, 2.75) is 31.4 Å². The number of fused-ring (bicyclic) bond motifs is 1. The first-order valence-electron chi connectivity index (χ1n) is 6.44. The van der Waals surface area contributed by atoms with E-state index in [1.165, 1.54) is 0 Å². The number of morpholine rings is 1. The van der Waals surface area contributed by atoms with E-state index in [1.807, 2.05) is 4.90 Å². The van der Waals surface area contributed by atoms with Gasteiger partial charge in [-0.1, -0.05) is 0 Å². The van der Waals surface area contributed by atoms with Crippen molar-refractivity contribution in [2.75, 3.05) is 18.1 Å². The van der Waals surface area contributed by atoms with Crippen molar-refractivity contribution in [3.63, 3.8) is 0 Å². The molecule has 3 rings (SSSR count). The number of nitrogens with zero attached hydrogens (tertiary/aromatic N) is 2. The van der Waals surface area contributed by atoms with Crippen molar-refractivity contribution in [3.05, 3.63) is 23.6 Å². The molecule has 6 heteroatoms. The summed E-state index contributed by atoms with van der Waals surface area (Å²) >= 11 is 0. The standard InChI is InChI=1S/C13H15FN2O3/c14-8-6-9(13(17)18)12(15-7-8)16-4-5-19-11-3-1-2-10(11)16/h6-7,10-11H,1-5H2,(H,17,18). The Kier molecular flexibility index (Phi) is 3.10. The molecule has 2 heterocycles. The van der Waals surface area contributed by atoms with E-state index in [0.29, 0.717) is 19.0 Å². The largest absolute Gasteiger partial charge is 0.478 e. The summed E-state index contributed by atoms with van der Waals surface area (Å²) in [7, 11) is 0. The van der Waals surface area contributed by atoms with Crippen LogP contribution in [-0.4, -0.2) is 41.4 Å². The Balaban J connectivity index is 1.98. The fraction of sp³-hybridized carbons (Fsp3) is 0.538. The Morgan fingerprint density at radius 2 is 2.37 bits per heavy atom.